The maximum Gasteiger partial charge on any atom is 0.257 e. The molecule has 0 heterocycles. The molecule has 0 radical (unpaired) electrons. The van der Waals surface area contributed by atoms with Crippen LogP contribution in [0.4, 0.5) is 0 Å². The minimum absolute atomic E-state index is 0.266. The predicted molar refractivity (Wildman–Crippen MR) is 107 cm³/mol. The van der Waals surface area contributed by atoms with Crippen LogP contribution >= 0.6 is 23.8 Å². The number of amides is 1. The number of aryl methyl sites for hydroxylation is 1. The number of thiocarbonyl (C=S) groups is 1. The summed E-state index contributed by atoms with van der Waals surface area (Å²) in [6.07, 6.45) is 0.737. The highest BCUT2D eigenvalue weighted by Crippen LogP contribution is 2.21. The number of nitrogens with one attached hydrogen (secondary N) is 2. The van der Waals surface area contributed by atoms with E-state index >= 15 is 0 Å². The maximum absolute atomic E-state index is 12.1. The summed E-state index contributed by atoms with van der Waals surface area (Å²) in [5.74, 6) is 1.24. The molecule has 0 bridgehead atoms. The van der Waals surface area contributed by atoms with Crippen LogP contribution in [0.5, 0.6) is 11.5 Å². The van der Waals surface area contributed by atoms with Gasteiger partial charge >= 0.3 is 0 Å². The summed E-state index contributed by atoms with van der Waals surface area (Å²) in [7, 11) is 1.58. The first-order chi connectivity index (χ1) is 12.5. The van der Waals surface area contributed by atoms with Gasteiger partial charge in [-0.25, -0.2) is 0 Å². The predicted octanol–water partition coefficient (Wildman–Crippen LogP) is 3.73. The highest BCUT2D eigenvalue weighted by Gasteiger charge is 2.07. The largest absolute Gasteiger partial charge is 0.497 e. The van der Waals surface area contributed by atoms with Crippen molar-refractivity contribution in [3.8, 4) is 11.5 Å². The van der Waals surface area contributed by atoms with Crippen LogP contribution in [0, 0.1) is 6.92 Å². The number of carbonyl (C=O) groups excluding carboxylic acids is 1. The van der Waals surface area contributed by atoms with E-state index < -0.39 is 0 Å². The maximum atomic E-state index is 12.1. The molecule has 0 aliphatic heterocycles. The molecule has 0 fully saturated rings. The lowest BCUT2D eigenvalue weighted by molar-refractivity contribution is 0.0976. The van der Waals surface area contributed by atoms with Crippen molar-refractivity contribution in [1.82, 2.24) is 10.6 Å². The van der Waals surface area contributed by atoms with Crippen molar-refractivity contribution >= 4 is 34.8 Å². The van der Waals surface area contributed by atoms with Gasteiger partial charge in [-0.15, -0.1) is 0 Å². The molecule has 26 heavy (non-hydrogen) atoms. The van der Waals surface area contributed by atoms with Crippen LogP contribution in [0.2, 0.25) is 5.02 Å². The minimum atomic E-state index is -0.266. The first kappa shape index (κ1) is 20.0. The summed E-state index contributed by atoms with van der Waals surface area (Å²) in [6.45, 7) is 3.07. The summed E-state index contributed by atoms with van der Waals surface area (Å²) in [5.41, 5.74) is 1.50. The Morgan fingerprint density at radius 1 is 1.19 bits per heavy atom. The molecular weight excluding hydrogens is 372 g/mol. The standard InChI is InChI=1S/C19H21ClN2O3S/c1-13-12-15(20)6-9-17(13)25-11-3-10-21-19(26)22-18(23)14-4-7-16(24-2)8-5-14/h4-9,12H,3,10-11H2,1-2H3,(H2,21,22,23,26). The van der Waals surface area contributed by atoms with Crippen LogP contribution < -0.4 is 20.1 Å². The minimum Gasteiger partial charge on any atom is -0.497 e. The first-order valence-electron chi connectivity index (χ1n) is 8.12. The van der Waals surface area contributed by atoms with E-state index in [2.05, 4.69) is 10.6 Å². The Morgan fingerprint density at radius 2 is 1.92 bits per heavy atom. The molecule has 1 amide bonds. The van der Waals surface area contributed by atoms with E-state index in [-0.39, 0.29) is 11.0 Å². The van der Waals surface area contributed by atoms with E-state index in [0.717, 1.165) is 17.7 Å². The summed E-state index contributed by atoms with van der Waals surface area (Å²) >= 11 is 11.0. The summed E-state index contributed by atoms with van der Waals surface area (Å²) < 4.78 is 10.8. The van der Waals surface area contributed by atoms with Gasteiger partial charge in [-0.1, -0.05) is 11.6 Å². The highest BCUT2D eigenvalue weighted by molar-refractivity contribution is 7.80. The van der Waals surface area contributed by atoms with Crippen LogP contribution in [0.1, 0.15) is 22.3 Å². The number of hydrogen-bond acceptors (Lipinski definition) is 4. The third-order valence-electron chi connectivity index (χ3n) is 3.58. The van der Waals surface area contributed by atoms with Crippen LogP contribution in [0.15, 0.2) is 42.5 Å². The second kappa shape index (κ2) is 9.99. The number of hydrogen-bond donors (Lipinski definition) is 2. The second-order valence-electron chi connectivity index (χ2n) is 5.55. The third-order valence-corrected chi connectivity index (χ3v) is 4.06. The molecule has 0 aliphatic rings. The van der Waals surface area contributed by atoms with E-state index in [9.17, 15) is 4.79 Å². The number of ether oxygens (including phenoxy) is 2. The molecule has 7 heteroatoms. The van der Waals surface area contributed by atoms with Gasteiger partial charge in [-0.05, 0) is 73.6 Å². The fourth-order valence-electron chi connectivity index (χ4n) is 2.19. The number of halogens is 1. The van der Waals surface area contributed by atoms with Crippen molar-refractivity contribution in [3.05, 3.63) is 58.6 Å². The SMILES string of the molecule is COc1ccc(C(=O)NC(=S)NCCCOc2ccc(Cl)cc2C)cc1. The zero-order valence-corrected chi connectivity index (χ0v) is 16.2. The molecule has 0 aliphatic carbocycles. The summed E-state index contributed by atoms with van der Waals surface area (Å²) in [6, 6.07) is 12.3. The Labute approximate surface area is 163 Å². The van der Waals surface area contributed by atoms with Gasteiger partial charge < -0.3 is 14.8 Å². The van der Waals surface area contributed by atoms with E-state index in [0.29, 0.717) is 29.5 Å². The zero-order valence-electron chi connectivity index (χ0n) is 14.7. The first-order valence-corrected chi connectivity index (χ1v) is 8.90. The molecule has 0 spiro atoms. The fraction of sp³-hybridized carbons (Fsp3) is 0.263. The van der Waals surface area contributed by atoms with Crippen molar-refractivity contribution in [2.75, 3.05) is 20.3 Å². The Hall–Kier alpha value is -2.31. The molecule has 2 N–H and O–H groups in total. The molecule has 0 saturated carbocycles. The van der Waals surface area contributed by atoms with Crippen LogP contribution in [0.3, 0.4) is 0 Å². The lowest BCUT2D eigenvalue weighted by Crippen LogP contribution is -2.39. The van der Waals surface area contributed by atoms with Crippen molar-refractivity contribution in [3.63, 3.8) is 0 Å². The van der Waals surface area contributed by atoms with Crippen LogP contribution in [0.25, 0.3) is 0 Å². The highest BCUT2D eigenvalue weighted by atomic mass is 35.5. The van der Waals surface area contributed by atoms with Gasteiger partial charge in [-0.2, -0.15) is 0 Å². The average Bonchev–Trinajstić information content (AvgIpc) is 2.63. The molecule has 0 unspecified atom stereocenters. The van der Waals surface area contributed by atoms with Gasteiger partial charge in [-0.3, -0.25) is 10.1 Å². The normalized spacial score (nSPS) is 10.1. The van der Waals surface area contributed by atoms with Gasteiger partial charge in [0, 0.05) is 17.1 Å². The van der Waals surface area contributed by atoms with E-state index in [4.69, 9.17) is 33.3 Å². The monoisotopic (exact) mass is 392 g/mol. The van der Waals surface area contributed by atoms with Crippen LogP contribution in [-0.4, -0.2) is 31.3 Å². The molecule has 0 aromatic heterocycles. The number of methoxy groups -OCH3 is 1. The Balaban J connectivity index is 1.67. The van der Waals surface area contributed by atoms with E-state index in [1.54, 1.807) is 37.4 Å². The summed E-state index contributed by atoms with van der Waals surface area (Å²) in [4.78, 5) is 12.1. The van der Waals surface area contributed by atoms with Crippen molar-refractivity contribution in [2.45, 2.75) is 13.3 Å². The van der Waals surface area contributed by atoms with Crippen molar-refractivity contribution in [2.24, 2.45) is 0 Å². The average molecular weight is 393 g/mol. The van der Waals surface area contributed by atoms with Crippen molar-refractivity contribution < 1.29 is 14.3 Å². The molecule has 0 atom stereocenters. The lowest BCUT2D eigenvalue weighted by atomic mass is 10.2. The lowest BCUT2D eigenvalue weighted by Gasteiger charge is -2.11. The summed E-state index contributed by atoms with van der Waals surface area (Å²) in [5, 5.41) is 6.61. The number of benzene rings is 2. The van der Waals surface area contributed by atoms with Crippen LogP contribution in [-0.2, 0) is 0 Å². The van der Waals surface area contributed by atoms with E-state index in [1.807, 2.05) is 19.1 Å². The van der Waals surface area contributed by atoms with E-state index in [1.165, 1.54) is 0 Å². The Kier molecular flexibility index (Phi) is 7.69. The molecule has 2 rings (SSSR count). The molecule has 2 aromatic carbocycles. The molecule has 2 aromatic rings. The smallest absolute Gasteiger partial charge is 0.257 e. The van der Waals surface area contributed by atoms with Gasteiger partial charge in [0.1, 0.15) is 11.5 Å². The van der Waals surface area contributed by atoms with Gasteiger partial charge in [0.15, 0.2) is 5.11 Å². The van der Waals surface area contributed by atoms with Crippen molar-refractivity contribution in [1.29, 1.82) is 0 Å². The van der Waals surface area contributed by atoms with Gasteiger partial charge in [0.25, 0.3) is 5.91 Å². The number of rotatable bonds is 7. The molecular formula is C19H21ClN2O3S. The number of carbonyl (C=O) groups is 1. The van der Waals surface area contributed by atoms with Gasteiger partial charge in [0.2, 0.25) is 0 Å². The zero-order chi connectivity index (χ0) is 18.9. The second-order valence-corrected chi connectivity index (χ2v) is 6.40. The Bertz CT molecular complexity index is 766. The topological polar surface area (TPSA) is 59.6 Å². The third kappa shape index (κ3) is 6.20. The van der Waals surface area contributed by atoms with Gasteiger partial charge in [0.05, 0.1) is 13.7 Å². The quantitative estimate of drug-likeness (QED) is 0.555. The molecule has 138 valence electrons. The Morgan fingerprint density at radius 3 is 2.58 bits per heavy atom. The molecule has 0 saturated heterocycles. The fourth-order valence-corrected chi connectivity index (χ4v) is 2.61. The molecule has 5 nitrogen and oxygen atoms in total.